The number of benzene rings is 1. The molecule has 2 N–H and O–H groups in total. The van der Waals surface area contributed by atoms with E-state index in [2.05, 4.69) is 0 Å². The molecule has 1 aromatic carbocycles. The zero-order valence-corrected chi connectivity index (χ0v) is 10.6. The van der Waals surface area contributed by atoms with Crippen molar-refractivity contribution in [1.82, 2.24) is 0 Å². The van der Waals surface area contributed by atoms with Gasteiger partial charge in [0.05, 0.1) is 18.8 Å². The van der Waals surface area contributed by atoms with Crippen LogP contribution in [0, 0.1) is 0 Å². The number of hydrogen-bond acceptors (Lipinski definition) is 3. The average molecular weight is 238 g/mol. The van der Waals surface area contributed by atoms with Crippen LogP contribution < -0.4 is 4.74 Å². The van der Waals surface area contributed by atoms with Gasteiger partial charge in [-0.05, 0) is 43.9 Å². The molecule has 0 aliphatic carbocycles. The van der Waals surface area contributed by atoms with Crippen molar-refractivity contribution in [2.75, 3.05) is 6.61 Å². The monoisotopic (exact) mass is 238 g/mol. The quantitative estimate of drug-likeness (QED) is 0.765. The van der Waals surface area contributed by atoms with Crippen LogP contribution in [0.2, 0.25) is 0 Å². The first-order valence-corrected chi connectivity index (χ1v) is 6.25. The molecule has 0 aliphatic heterocycles. The number of aliphatic hydroxyl groups is 2. The summed E-state index contributed by atoms with van der Waals surface area (Å²) >= 11 is 0. The van der Waals surface area contributed by atoms with E-state index in [1.54, 1.807) is 0 Å². The predicted octanol–water partition coefficient (Wildman–Crippen LogP) is 2.15. The highest BCUT2D eigenvalue weighted by Crippen LogP contribution is 2.14. The first-order chi connectivity index (χ1) is 8.17. The number of rotatable bonds is 7. The molecule has 96 valence electrons. The van der Waals surface area contributed by atoms with E-state index < -0.39 is 12.2 Å². The summed E-state index contributed by atoms with van der Waals surface area (Å²) in [5.74, 6) is 0.866. The minimum absolute atomic E-state index is 0.586. The molecule has 0 radical (unpaired) electrons. The standard InChI is InChI=1S/C14H22O3/c1-3-13(15)14(16)10-7-11-5-8-12(9-6-11)17-4-2/h5-6,8-9,13-16H,3-4,7,10H2,1-2H3. The second kappa shape index (κ2) is 7.30. The van der Waals surface area contributed by atoms with E-state index in [4.69, 9.17) is 4.74 Å². The fraction of sp³-hybridized carbons (Fsp3) is 0.571. The zero-order chi connectivity index (χ0) is 12.7. The molecule has 0 saturated carbocycles. The van der Waals surface area contributed by atoms with Gasteiger partial charge in [0.15, 0.2) is 0 Å². The molecule has 1 rings (SSSR count). The van der Waals surface area contributed by atoms with Gasteiger partial charge in [-0.3, -0.25) is 0 Å². The third-order valence-electron chi connectivity index (χ3n) is 2.83. The molecule has 0 aliphatic rings. The lowest BCUT2D eigenvalue weighted by atomic mass is 10.0. The van der Waals surface area contributed by atoms with Gasteiger partial charge in [-0.2, -0.15) is 0 Å². The Labute approximate surface area is 103 Å². The summed E-state index contributed by atoms with van der Waals surface area (Å²) in [6.45, 7) is 4.49. The van der Waals surface area contributed by atoms with Crippen molar-refractivity contribution in [3.63, 3.8) is 0 Å². The van der Waals surface area contributed by atoms with Crippen LogP contribution >= 0.6 is 0 Å². The van der Waals surface area contributed by atoms with Gasteiger partial charge in [0.2, 0.25) is 0 Å². The van der Waals surface area contributed by atoms with Crippen molar-refractivity contribution >= 4 is 0 Å². The van der Waals surface area contributed by atoms with Crippen LogP contribution in [-0.2, 0) is 6.42 Å². The number of ether oxygens (including phenoxy) is 1. The minimum atomic E-state index is -0.633. The van der Waals surface area contributed by atoms with Gasteiger partial charge in [0.1, 0.15) is 5.75 Å². The molecule has 0 heterocycles. The van der Waals surface area contributed by atoms with Crippen LogP contribution in [0.4, 0.5) is 0 Å². The van der Waals surface area contributed by atoms with Crippen molar-refractivity contribution in [2.45, 2.75) is 45.3 Å². The number of hydrogen-bond donors (Lipinski definition) is 2. The third-order valence-corrected chi connectivity index (χ3v) is 2.83. The summed E-state index contributed by atoms with van der Waals surface area (Å²) in [5.41, 5.74) is 1.15. The Morgan fingerprint density at radius 1 is 1.06 bits per heavy atom. The molecule has 3 nitrogen and oxygen atoms in total. The maximum atomic E-state index is 9.64. The Balaban J connectivity index is 2.41. The van der Waals surface area contributed by atoms with Crippen LogP contribution in [0.25, 0.3) is 0 Å². The maximum absolute atomic E-state index is 9.64. The summed E-state index contributed by atoms with van der Waals surface area (Å²) in [7, 11) is 0. The lowest BCUT2D eigenvalue weighted by Gasteiger charge is -2.15. The molecule has 1 aromatic rings. The molecule has 2 unspecified atom stereocenters. The van der Waals surface area contributed by atoms with Crippen molar-refractivity contribution < 1.29 is 14.9 Å². The molecule has 2 atom stereocenters. The Hall–Kier alpha value is -1.06. The average Bonchev–Trinajstić information content (AvgIpc) is 2.37. The first kappa shape index (κ1) is 14.0. The van der Waals surface area contributed by atoms with E-state index in [-0.39, 0.29) is 0 Å². The van der Waals surface area contributed by atoms with Crippen molar-refractivity contribution in [2.24, 2.45) is 0 Å². The van der Waals surface area contributed by atoms with Crippen LogP contribution in [0.3, 0.4) is 0 Å². The van der Waals surface area contributed by atoms with Crippen molar-refractivity contribution in [3.05, 3.63) is 29.8 Å². The smallest absolute Gasteiger partial charge is 0.119 e. The van der Waals surface area contributed by atoms with E-state index in [0.29, 0.717) is 19.4 Å². The van der Waals surface area contributed by atoms with Gasteiger partial charge in [0, 0.05) is 0 Å². The Morgan fingerprint density at radius 3 is 2.24 bits per heavy atom. The van der Waals surface area contributed by atoms with Gasteiger partial charge in [-0.15, -0.1) is 0 Å². The van der Waals surface area contributed by atoms with E-state index >= 15 is 0 Å². The molecule has 3 heteroatoms. The summed E-state index contributed by atoms with van der Waals surface area (Å²) in [6.07, 6.45) is 0.696. The summed E-state index contributed by atoms with van der Waals surface area (Å²) in [4.78, 5) is 0. The second-order valence-corrected chi connectivity index (χ2v) is 4.16. The van der Waals surface area contributed by atoms with Crippen LogP contribution in [-0.4, -0.2) is 29.0 Å². The Bertz CT molecular complexity index is 308. The SMILES string of the molecule is CCOc1ccc(CCC(O)C(O)CC)cc1. The lowest BCUT2D eigenvalue weighted by Crippen LogP contribution is -2.25. The van der Waals surface area contributed by atoms with E-state index in [0.717, 1.165) is 17.7 Å². The molecular weight excluding hydrogens is 216 g/mol. The summed E-state index contributed by atoms with van der Waals surface area (Å²) in [6, 6.07) is 7.86. The van der Waals surface area contributed by atoms with E-state index in [1.165, 1.54) is 0 Å². The second-order valence-electron chi connectivity index (χ2n) is 4.16. The molecule has 0 spiro atoms. The summed E-state index contributed by atoms with van der Waals surface area (Å²) < 4.78 is 5.35. The highest BCUT2D eigenvalue weighted by molar-refractivity contribution is 5.27. The van der Waals surface area contributed by atoms with Crippen LogP contribution in [0.15, 0.2) is 24.3 Å². The molecule has 0 bridgehead atoms. The summed E-state index contributed by atoms with van der Waals surface area (Å²) in [5, 5.41) is 19.1. The molecule has 17 heavy (non-hydrogen) atoms. The molecule has 0 saturated heterocycles. The van der Waals surface area contributed by atoms with Crippen LogP contribution in [0.1, 0.15) is 32.3 Å². The van der Waals surface area contributed by atoms with Crippen molar-refractivity contribution in [1.29, 1.82) is 0 Å². The van der Waals surface area contributed by atoms with Gasteiger partial charge >= 0.3 is 0 Å². The van der Waals surface area contributed by atoms with E-state index in [1.807, 2.05) is 38.1 Å². The zero-order valence-electron chi connectivity index (χ0n) is 10.6. The number of aryl methyl sites for hydroxylation is 1. The molecule has 0 amide bonds. The van der Waals surface area contributed by atoms with E-state index in [9.17, 15) is 10.2 Å². The Kier molecular flexibility index (Phi) is 6.01. The van der Waals surface area contributed by atoms with Crippen LogP contribution in [0.5, 0.6) is 5.75 Å². The van der Waals surface area contributed by atoms with Gasteiger partial charge in [-0.1, -0.05) is 19.1 Å². The van der Waals surface area contributed by atoms with Gasteiger partial charge < -0.3 is 14.9 Å². The number of aliphatic hydroxyl groups excluding tert-OH is 2. The Morgan fingerprint density at radius 2 is 1.71 bits per heavy atom. The minimum Gasteiger partial charge on any atom is -0.494 e. The van der Waals surface area contributed by atoms with Gasteiger partial charge in [-0.25, -0.2) is 0 Å². The molecule has 0 aromatic heterocycles. The highest BCUT2D eigenvalue weighted by atomic mass is 16.5. The predicted molar refractivity (Wildman–Crippen MR) is 68.2 cm³/mol. The molecular formula is C14H22O3. The normalized spacial score (nSPS) is 14.4. The fourth-order valence-corrected chi connectivity index (χ4v) is 1.70. The largest absolute Gasteiger partial charge is 0.494 e. The highest BCUT2D eigenvalue weighted by Gasteiger charge is 2.13. The fourth-order valence-electron chi connectivity index (χ4n) is 1.70. The van der Waals surface area contributed by atoms with Gasteiger partial charge in [0.25, 0.3) is 0 Å². The first-order valence-electron chi connectivity index (χ1n) is 6.25. The lowest BCUT2D eigenvalue weighted by molar-refractivity contribution is 0.0130. The third kappa shape index (κ3) is 4.75. The molecule has 0 fully saturated rings. The van der Waals surface area contributed by atoms with Crippen molar-refractivity contribution in [3.8, 4) is 5.75 Å². The topological polar surface area (TPSA) is 49.7 Å². The maximum Gasteiger partial charge on any atom is 0.119 e.